The van der Waals surface area contributed by atoms with Gasteiger partial charge in [0.15, 0.2) is 11.6 Å². The minimum absolute atomic E-state index is 0. The Kier molecular flexibility index (Phi) is 7.82. The SMILES string of the molecule is CN=C(NCCCc1nnc2ccccn12)N(C)Cc1nc2c(s1)CCCC2.I. The molecule has 0 aliphatic heterocycles. The van der Waals surface area contributed by atoms with Crippen LogP contribution in [0.3, 0.4) is 0 Å². The molecule has 3 heterocycles. The van der Waals surface area contributed by atoms with Crippen molar-refractivity contribution in [3.8, 4) is 0 Å². The summed E-state index contributed by atoms with van der Waals surface area (Å²) in [5, 5.41) is 13.1. The maximum absolute atomic E-state index is 4.84. The van der Waals surface area contributed by atoms with Gasteiger partial charge in [0.1, 0.15) is 10.8 Å². The van der Waals surface area contributed by atoms with E-state index >= 15 is 0 Å². The van der Waals surface area contributed by atoms with E-state index in [0.29, 0.717) is 0 Å². The van der Waals surface area contributed by atoms with E-state index in [1.54, 1.807) is 0 Å². The van der Waals surface area contributed by atoms with Gasteiger partial charge >= 0.3 is 0 Å². The van der Waals surface area contributed by atoms with Crippen molar-refractivity contribution in [2.45, 2.75) is 45.1 Å². The fourth-order valence-corrected chi connectivity index (χ4v) is 4.85. The van der Waals surface area contributed by atoms with Gasteiger partial charge in [-0.15, -0.1) is 45.5 Å². The zero-order valence-corrected chi connectivity index (χ0v) is 20.1. The second-order valence-corrected chi connectivity index (χ2v) is 8.33. The molecule has 9 heteroatoms. The molecule has 0 atom stereocenters. The Bertz CT molecular complexity index is 941. The quantitative estimate of drug-likeness (QED) is 0.232. The summed E-state index contributed by atoms with van der Waals surface area (Å²) in [5.74, 6) is 1.90. The summed E-state index contributed by atoms with van der Waals surface area (Å²) in [7, 11) is 3.90. The van der Waals surface area contributed by atoms with Crippen LogP contribution in [0.1, 0.15) is 40.7 Å². The number of aryl methyl sites for hydroxylation is 3. The number of rotatable bonds is 6. The van der Waals surface area contributed by atoms with Crippen molar-refractivity contribution in [2.75, 3.05) is 20.6 Å². The summed E-state index contributed by atoms with van der Waals surface area (Å²) >= 11 is 1.87. The van der Waals surface area contributed by atoms with Gasteiger partial charge < -0.3 is 10.2 Å². The van der Waals surface area contributed by atoms with Crippen molar-refractivity contribution in [2.24, 2.45) is 4.99 Å². The summed E-state index contributed by atoms with van der Waals surface area (Å²) in [4.78, 5) is 12.9. The largest absolute Gasteiger partial charge is 0.356 e. The van der Waals surface area contributed by atoms with Gasteiger partial charge in [0.25, 0.3) is 0 Å². The summed E-state index contributed by atoms with van der Waals surface area (Å²) in [6.45, 7) is 1.64. The van der Waals surface area contributed by atoms with Crippen molar-refractivity contribution >= 4 is 46.9 Å². The maximum atomic E-state index is 4.84. The first-order valence-electron chi connectivity index (χ1n) is 9.92. The van der Waals surface area contributed by atoms with Gasteiger partial charge in [0, 0.05) is 38.1 Å². The molecule has 1 aliphatic carbocycles. The number of halogens is 1. The first kappa shape index (κ1) is 21.9. The molecule has 0 saturated carbocycles. The fraction of sp³-hybridized carbons (Fsp3) is 0.500. The van der Waals surface area contributed by atoms with Gasteiger partial charge in [-0.2, -0.15) is 0 Å². The number of hydrogen-bond acceptors (Lipinski definition) is 5. The topological polar surface area (TPSA) is 70.7 Å². The molecule has 0 radical (unpaired) electrons. The smallest absolute Gasteiger partial charge is 0.193 e. The van der Waals surface area contributed by atoms with Crippen LogP contribution in [-0.2, 0) is 25.8 Å². The van der Waals surface area contributed by atoms with Gasteiger partial charge in [0.2, 0.25) is 0 Å². The number of pyridine rings is 1. The lowest BCUT2D eigenvalue weighted by molar-refractivity contribution is 0.473. The first-order valence-corrected chi connectivity index (χ1v) is 10.7. The zero-order valence-electron chi connectivity index (χ0n) is 17.0. The second kappa shape index (κ2) is 10.3. The van der Waals surface area contributed by atoms with Crippen LogP contribution in [0, 0.1) is 0 Å². The Morgan fingerprint density at radius 1 is 1.28 bits per heavy atom. The van der Waals surface area contributed by atoms with Crippen molar-refractivity contribution in [3.05, 3.63) is 45.8 Å². The zero-order chi connectivity index (χ0) is 19.3. The van der Waals surface area contributed by atoms with Gasteiger partial charge in [0.05, 0.1) is 12.2 Å². The number of aromatic nitrogens is 4. The van der Waals surface area contributed by atoms with Crippen molar-refractivity contribution < 1.29 is 0 Å². The van der Waals surface area contributed by atoms with Gasteiger partial charge in [-0.25, -0.2) is 4.98 Å². The highest BCUT2D eigenvalue weighted by Gasteiger charge is 2.16. The summed E-state index contributed by atoms with van der Waals surface area (Å²) in [6.07, 6.45) is 8.76. The van der Waals surface area contributed by atoms with E-state index in [1.165, 1.54) is 34.8 Å². The summed E-state index contributed by atoms with van der Waals surface area (Å²) in [6, 6.07) is 5.96. The summed E-state index contributed by atoms with van der Waals surface area (Å²) < 4.78 is 2.05. The Labute approximate surface area is 192 Å². The van der Waals surface area contributed by atoms with Crippen molar-refractivity contribution in [3.63, 3.8) is 0 Å². The lowest BCUT2D eigenvalue weighted by Crippen LogP contribution is -2.39. The van der Waals surface area contributed by atoms with E-state index < -0.39 is 0 Å². The Hall–Kier alpha value is -1.75. The number of guanidine groups is 1. The number of nitrogens with zero attached hydrogens (tertiary/aromatic N) is 6. The highest BCUT2D eigenvalue weighted by atomic mass is 127. The monoisotopic (exact) mass is 525 g/mol. The predicted molar refractivity (Wildman–Crippen MR) is 128 cm³/mol. The molecule has 0 saturated heterocycles. The third kappa shape index (κ3) is 5.25. The van der Waals surface area contributed by atoms with Crippen LogP contribution < -0.4 is 5.32 Å². The van der Waals surface area contributed by atoms with E-state index in [2.05, 4.69) is 32.5 Å². The average molecular weight is 525 g/mol. The number of aliphatic imine (C=N–C) groups is 1. The molecule has 1 N–H and O–H groups in total. The van der Waals surface area contributed by atoms with Crippen LogP contribution in [0.2, 0.25) is 0 Å². The molecule has 1 aliphatic rings. The molecule has 0 spiro atoms. The Balaban J connectivity index is 0.00000240. The molecular weight excluding hydrogens is 497 g/mol. The predicted octanol–water partition coefficient (Wildman–Crippen LogP) is 3.32. The summed E-state index contributed by atoms with van der Waals surface area (Å²) in [5.41, 5.74) is 2.22. The van der Waals surface area contributed by atoms with Crippen LogP contribution in [-0.4, -0.2) is 51.1 Å². The molecular formula is C20H28IN7S. The number of thiazole rings is 1. The number of fused-ring (bicyclic) bond motifs is 2. The first-order chi connectivity index (χ1) is 13.7. The lowest BCUT2D eigenvalue weighted by Gasteiger charge is -2.21. The third-order valence-electron chi connectivity index (χ3n) is 5.08. The normalized spacial score (nSPS) is 13.8. The molecule has 0 amide bonds. The highest BCUT2D eigenvalue weighted by Crippen LogP contribution is 2.27. The standard InChI is InChI=1S/C20H27N7S.HI/c1-21-20(26(2)14-19-23-15-8-3-4-9-16(15)28-19)22-12-7-11-18-25-24-17-10-5-6-13-27(17)18;/h5-6,10,13H,3-4,7-9,11-12,14H2,1-2H3,(H,21,22);1H. The van der Waals surface area contributed by atoms with Crippen molar-refractivity contribution in [1.82, 2.24) is 29.8 Å². The molecule has 0 bridgehead atoms. The number of nitrogens with one attached hydrogen (secondary N) is 1. The minimum atomic E-state index is 0. The molecule has 29 heavy (non-hydrogen) atoms. The molecule has 156 valence electrons. The van der Waals surface area contributed by atoms with Crippen LogP contribution in [0.5, 0.6) is 0 Å². The maximum Gasteiger partial charge on any atom is 0.193 e. The molecule has 0 fully saturated rings. The van der Waals surface area contributed by atoms with E-state index in [9.17, 15) is 0 Å². The third-order valence-corrected chi connectivity index (χ3v) is 6.22. The van der Waals surface area contributed by atoms with Gasteiger partial charge in [-0.3, -0.25) is 9.39 Å². The van der Waals surface area contributed by atoms with Crippen LogP contribution in [0.25, 0.3) is 5.65 Å². The number of hydrogen-bond donors (Lipinski definition) is 1. The Morgan fingerprint density at radius 3 is 2.97 bits per heavy atom. The lowest BCUT2D eigenvalue weighted by atomic mass is 10.0. The minimum Gasteiger partial charge on any atom is -0.356 e. The fourth-order valence-electron chi connectivity index (χ4n) is 3.64. The van der Waals surface area contributed by atoms with Gasteiger partial charge in [-0.1, -0.05) is 6.07 Å². The molecule has 4 rings (SSSR count). The van der Waals surface area contributed by atoms with E-state index in [0.717, 1.165) is 49.8 Å². The molecule has 3 aromatic heterocycles. The van der Waals surface area contributed by atoms with Crippen LogP contribution in [0.15, 0.2) is 29.4 Å². The molecule has 3 aromatic rings. The molecule has 0 aromatic carbocycles. The van der Waals surface area contributed by atoms with E-state index in [-0.39, 0.29) is 24.0 Å². The molecule has 0 unspecified atom stereocenters. The average Bonchev–Trinajstić information content (AvgIpc) is 3.31. The van der Waals surface area contributed by atoms with E-state index in [1.807, 2.05) is 47.2 Å². The second-order valence-electron chi connectivity index (χ2n) is 7.16. The highest BCUT2D eigenvalue weighted by molar-refractivity contribution is 14.0. The van der Waals surface area contributed by atoms with Gasteiger partial charge in [-0.05, 0) is 44.2 Å². The molecule has 7 nitrogen and oxygen atoms in total. The van der Waals surface area contributed by atoms with Crippen molar-refractivity contribution in [1.29, 1.82) is 0 Å². The van der Waals surface area contributed by atoms with Crippen LogP contribution in [0.4, 0.5) is 0 Å². The van der Waals surface area contributed by atoms with Crippen LogP contribution >= 0.6 is 35.3 Å². The van der Waals surface area contributed by atoms with E-state index in [4.69, 9.17) is 4.98 Å². The Morgan fingerprint density at radius 2 is 2.14 bits per heavy atom.